The molecule has 1 heterocycles. The number of hydrogen-bond donors (Lipinski definition) is 1. The van der Waals surface area contributed by atoms with E-state index in [0.717, 1.165) is 3.79 Å². The van der Waals surface area contributed by atoms with Crippen LogP contribution in [-0.4, -0.2) is 30.7 Å². The number of nitrogens with zero attached hydrogens (tertiary/aromatic N) is 1. The van der Waals surface area contributed by atoms with Gasteiger partial charge in [-0.2, -0.15) is 0 Å². The molecule has 12 heavy (non-hydrogen) atoms. The summed E-state index contributed by atoms with van der Waals surface area (Å²) < 4.78 is 1.11. The number of thiophene rings is 1. The number of halogens is 1. The molecule has 0 bridgehead atoms. The largest absolute Gasteiger partial charge is 0.394 e. The molecule has 0 amide bonds. The van der Waals surface area contributed by atoms with E-state index in [1.807, 2.05) is 31.1 Å². The lowest BCUT2D eigenvalue weighted by molar-refractivity contribution is 0.173. The number of likely N-dealkylation sites (N-methyl/N-ethyl adjacent to an activating group) is 1. The monoisotopic (exact) mass is 249 g/mol. The normalized spacial score (nSPS) is 13.8. The van der Waals surface area contributed by atoms with Crippen molar-refractivity contribution in [2.75, 3.05) is 20.7 Å². The Morgan fingerprint density at radius 3 is 2.58 bits per heavy atom. The zero-order valence-corrected chi connectivity index (χ0v) is 9.52. The summed E-state index contributed by atoms with van der Waals surface area (Å²) in [5.41, 5.74) is 0. The fourth-order valence-corrected chi connectivity index (χ4v) is 2.63. The van der Waals surface area contributed by atoms with Crippen molar-refractivity contribution < 1.29 is 5.11 Å². The Labute approximate surface area is 85.0 Å². The molecular formula is C8H12BrNOS. The van der Waals surface area contributed by atoms with Crippen LogP contribution in [0, 0.1) is 0 Å². The molecule has 1 unspecified atom stereocenters. The fourth-order valence-electron chi connectivity index (χ4n) is 1.02. The van der Waals surface area contributed by atoms with Crippen LogP contribution in [0.4, 0.5) is 0 Å². The average Bonchev–Trinajstić information content (AvgIpc) is 2.37. The lowest BCUT2D eigenvalue weighted by Gasteiger charge is -2.20. The van der Waals surface area contributed by atoms with Crippen molar-refractivity contribution in [3.8, 4) is 0 Å². The maximum Gasteiger partial charge on any atom is 0.0702 e. The number of hydrogen-bond acceptors (Lipinski definition) is 3. The average molecular weight is 250 g/mol. The topological polar surface area (TPSA) is 23.5 Å². The second-order valence-corrected chi connectivity index (χ2v) is 5.30. The molecule has 0 aliphatic rings. The van der Waals surface area contributed by atoms with Gasteiger partial charge in [0.05, 0.1) is 16.4 Å². The summed E-state index contributed by atoms with van der Waals surface area (Å²) in [5, 5.41) is 9.11. The molecule has 0 aliphatic carbocycles. The Hall–Kier alpha value is 0.1000. The molecule has 1 atom stereocenters. The van der Waals surface area contributed by atoms with Crippen molar-refractivity contribution in [2.45, 2.75) is 6.04 Å². The summed E-state index contributed by atoms with van der Waals surface area (Å²) >= 11 is 5.06. The minimum Gasteiger partial charge on any atom is -0.394 e. The first kappa shape index (κ1) is 10.2. The lowest BCUT2D eigenvalue weighted by atomic mass is 10.2. The van der Waals surface area contributed by atoms with Crippen LogP contribution in [0.1, 0.15) is 10.9 Å². The predicted molar refractivity (Wildman–Crippen MR) is 55.5 cm³/mol. The molecule has 0 fully saturated rings. The minimum absolute atomic E-state index is 0.126. The van der Waals surface area contributed by atoms with E-state index in [-0.39, 0.29) is 12.6 Å². The Morgan fingerprint density at radius 2 is 2.25 bits per heavy atom. The Bertz CT molecular complexity index is 249. The highest BCUT2D eigenvalue weighted by atomic mass is 79.9. The van der Waals surface area contributed by atoms with Gasteiger partial charge in [-0.15, -0.1) is 11.3 Å². The molecule has 0 saturated heterocycles. The van der Waals surface area contributed by atoms with Gasteiger partial charge in [0.1, 0.15) is 0 Å². The standard InChI is InChI=1S/C8H12BrNOS/c1-10(2)6(5-11)7-3-4-8(9)12-7/h3-4,6,11H,5H2,1-2H3. The summed E-state index contributed by atoms with van der Waals surface area (Å²) in [6.45, 7) is 0.167. The van der Waals surface area contributed by atoms with E-state index < -0.39 is 0 Å². The van der Waals surface area contributed by atoms with E-state index in [9.17, 15) is 0 Å². The quantitative estimate of drug-likeness (QED) is 0.888. The highest BCUT2D eigenvalue weighted by Gasteiger charge is 2.14. The molecule has 0 aromatic carbocycles. The second-order valence-electron chi connectivity index (χ2n) is 2.80. The van der Waals surface area contributed by atoms with Crippen LogP contribution < -0.4 is 0 Å². The zero-order chi connectivity index (χ0) is 9.14. The van der Waals surface area contributed by atoms with E-state index in [1.165, 1.54) is 4.88 Å². The molecule has 0 spiro atoms. The van der Waals surface area contributed by atoms with Crippen LogP contribution in [0.5, 0.6) is 0 Å². The Morgan fingerprint density at radius 1 is 1.58 bits per heavy atom. The van der Waals surface area contributed by atoms with Crippen molar-refractivity contribution in [2.24, 2.45) is 0 Å². The van der Waals surface area contributed by atoms with Crippen molar-refractivity contribution in [3.63, 3.8) is 0 Å². The van der Waals surface area contributed by atoms with Crippen molar-refractivity contribution in [1.29, 1.82) is 0 Å². The maximum absolute atomic E-state index is 9.11. The summed E-state index contributed by atoms with van der Waals surface area (Å²) in [6.07, 6.45) is 0. The number of aliphatic hydroxyl groups excluding tert-OH is 1. The van der Waals surface area contributed by atoms with Crippen molar-refractivity contribution in [1.82, 2.24) is 4.90 Å². The summed E-state index contributed by atoms with van der Waals surface area (Å²) in [4.78, 5) is 3.20. The molecule has 0 saturated carbocycles. The molecule has 1 N–H and O–H groups in total. The Kier molecular flexibility index (Phi) is 3.71. The van der Waals surface area contributed by atoms with Gasteiger partial charge in [-0.25, -0.2) is 0 Å². The van der Waals surface area contributed by atoms with Crippen LogP contribution in [0.2, 0.25) is 0 Å². The predicted octanol–water partition coefficient (Wildman–Crippen LogP) is 2.11. The first-order chi connectivity index (χ1) is 5.65. The van der Waals surface area contributed by atoms with E-state index in [0.29, 0.717) is 0 Å². The van der Waals surface area contributed by atoms with Gasteiger partial charge in [0.2, 0.25) is 0 Å². The smallest absolute Gasteiger partial charge is 0.0702 e. The van der Waals surface area contributed by atoms with E-state index >= 15 is 0 Å². The third-order valence-corrected chi connectivity index (χ3v) is 3.44. The summed E-state index contributed by atoms with van der Waals surface area (Å²) in [7, 11) is 3.93. The zero-order valence-electron chi connectivity index (χ0n) is 7.12. The highest BCUT2D eigenvalue weighted by Crippen LogP contribution is 2.29. The third-order valence-electron chi connectivity index (χ3n) is 1.72. The van der Waals surface area contributed by atoms with Crippen LogP contribution in [0.3, 0.4) is 0 Å². The summed E-state index contributed by atoms with van der Waals surface area (Å²) in [6, 6.07) is 4.17. The van der Waals surface area contributed by atoms with Gasteiger partial charge < -0.3 is 5.11 Å². The van der Waals surface area contributed by atoms with Crippen molar-refractivity contribution in [3.05, 3.63) is 20.8 Å². The van der Waals surface area contributed by atoms with Gasteiger partial charge in [0.15, 0.2) is 0 Å². The maximum atomic E-state index is 9.11. The van der Waals surface area contributed by atoms with Gasteiger partial charge in [0, 0.05) is 4.88 Å². The molecular weight excluding hydrogens is 238 g/mol. The SMILES string of the molecule is CN(C)C(CO)c1ccc(Br)s1. The molecule has 1 rings (SSSR count). The Balaban J connectivity index is 2.80. The van der Waals surface area contributed by atoms with Gasteiger partial charge >= 0.3 is 0 Å². The molecule has 1 aromatic heterocycles. The summed E-state index contributed by atoms with van der Waals surface area (Å²) in [5.74, 6) is 0. The molecule has 0 aliphatic heterocycles. The number of aliphatic hydroxyl groups is 1. The third kappa shape index (κ3) is 2.29. The van der Waals surface area contributed by atoms with Gasteiger partial charge in [-0.05, 0) is 42.2 Å². The van der Waals surface area contributed by atoms with Gasteiger partial charge in [0.25, 0.3) is 0 Å². The van der Waals surface area contributed by atoms with E-state index in [2.05, 4.69) is 15.9 Å². The lowest BCUT2D eigenvalue weighted by Crippen LogP contribution is -2.21. The molecule has 68 valence electrons. The number of rotatable bonds is 3. The van der Waals surface area contributed by atoms with E-state index in [4.69, 9.17) is 5.11 Å². The van der Waals surface area contributed by atoms with Crippen LogP contribution in [-0.2, 0) is 0 Å². The first-order valence-corrected chi connectivity index (χ1v) is 5.28. The molecule has 0 radical (unpaired) electrons. The van der Waals surface area contributed by atoms with Gasteiger partial charge in [-0.3, -0.25) is 4.90 Å². The van der Waals surface area contributed by atoms with Gasteiger partial charge in [-0.1, -0.05) is 0 Å². The van der Waals surface area contributed by atoms with Crippen LogP contribution >= 0.6 is 27.3 Å². The van der Waals surface area contributed by atoms with Crippen LogP contribution in [0.25, 0.3) is 0 Å². The first-order valence-electron chi connectivity index (χ1n) is 3.67. The second kappa shape index (κ2) is 4.37. The molecule has 1 aromatic rings. The highest BCUT2D eigenvalue weighted by molar-refractivity contribution is 9.11. The molecule has 2 nitrogen and oxygen atoms in total. The van der Waals surface area contributed by atoms with Crippen molar-refractivity contribution >= 4 is 27.3 Å². The van der Waals surface area contributed by atoms with Crippen LogP contribution in [0.15, 0.2) is 15.9 Å². The molecule has 4 heteroatoms. The minimum atomic E-state index is 0.126. The van der Waals surface area contributed by atoms with E-state index in [1.54, 1.807) is 11.3 Å². The fraction of sp³-hybridized carbons (Fsp3) is 0.500.